The van der Waals surface area contributed by atoms with Crippen molar-refractivity contribution in [3.63, 3.8) is 0 Å². The van der Waals surface area contributed by atoms with E-state index in [0.29, 0.717) is 6.42 Å². The first kappa shape index (κ1) is 12.9. The van der Waals surface area contributed by atoms with Gasteiger partial charge in [-0.2, -0.15) is 0 Å². The summed E-state index contributed by atoms with van der Waals surface area (Å²) >= 11 is 6.36. The van der Waals surface area contributed by atoms with Gasteiger partial charge >= 0.3 is 0 Å². The molecule has 2 aliphatic rings. The molecule has 1 heterocycles. The number of hydrogen-bond acceptors (Lipinski definition) is 2. The monoisotopic (exact) mass is 279 g/mol. The highest BCUT2D eigenvalue weighted by Gasteiger charge is 2.32. The van der Waals surface area contributed by atoms with E-state index in [2.05, 4.69) is 17.4 Å². The molecule has 0 aromatic heterocycles. The molecule has 3 nitrogen and oxygen atoms in total. The standard InChI is InChI=1S/C15H18ClNO2/c16-13-8-10-4-1-2-6-12(10)15(13)17-14(18)9-11-5-3-7-19-11/h1-2,4,6,11,13,15H,3,5,7-9H2,(H,17,18). The molecule has 0 saturated carbocycles. The molecule has 3 atom stereocenters. The van der Waals surface area contributed by atoms with Crippen molar-refractivity contribution in [2.24, 2.45) is 0 Å². The molecule has 102 valence electrons. The molecular weight excluding hydrogens is 262 g/mol. The Kier molecular flexibility index (Phi) is 3.76. The fourth-order valence-corrected chi connectivity index (χ4v) is 3.32. The number of halogens is 1. The van der Waals surface area contributed by atoms with E-state index in [1.807, 2.05) is 12.1 Å². The van der Waals surface area contributed by atoms with Crippen LogP contribution in [-0.2, 0) is 16.0 Å². The first-order valence-corrected chi connectivity index (χ1v) is 7.30. The van der Waals surface area contributed by atoms with Gasteiger partial charge in [0.15, 0.2) is 0 Å². The van der Waals surface area contributed by atoms with E-state index in [4.69, 9.17) is 16.3 Å². The number of fused-ring (bicyclic) bond motifs is 1. The van der Waals surface area contributed by atoms with Gasteiger partial charge in [0.1, 0.15) is 0 Å². The largest absolute Gasteiger partial charge is 0.378 e. The number of alkyl halides is 1. The van der Waals surface area contributed by atoms with Gasteiger partial charge in [0.2, 0.25) is 5.91 Å². The number of nitrogens with one attached hydrogen (secondary N) is 1. The molecule has 3 unspecified atom stereocenters. The normalized spacial score (nSPS) is 29.2. The van der Waals surface area contributed by atoms with Crippen molar-refractivity contribution in [1.29, 1.82) is 0 Å². The lowest BCUT2D eigenvalue weighted by Gasteiger charge is -2.18. The second-order valence-corrected chi connectivity index (χ2v) is 5.86. The number of carbonyl (C=O) groups excluding carboxylic acids is 1. The minimum absolute atomic E-state index is 0.0410. The summed E-state index contributed by atoms with van der Waals surface area (Å²) in [7, 11) is 0. The Bertz CT molecular complexity index is 471. The van der Waals surface area contributed by atoms with Crippen LogP contribution in [0, 0.1) is 0 Å². The topological polar surface area (TPSA) is 38.3 Å². The van der Waals surface area contributed by atoms with Gasteiger partial charge in [-0.3, -0.25) is 4.79 Å². The summed E-state index contributed by atoms with van der Waals surface area (Å²) in [5.74, 6) is 0.0410. The predicted octanol–water partition coefficient (Wildman–Crippen LogP) is 2.58. The van der Waals surface area contributed by atoms with Gasteiger partial charge in [-0.15, -0.1) is 11.6 Å². The average molecular weight is 280 g/mol. The lowest BCUT2D eigenvalue weighted by Crippen LogP contribution is -2.33. The molecule has 1 aromatic rings. The summed E-state index contributed by atoms with van der Waals surface area (Å²) < 4.78 is 5.49. The van der Waals surface area contributed by atoms with Crippen molar-refractivity contribution < 1.29 is 9.53 Å². The number of ether oxygens (including phenoxy) is 1. The van der Waals surface area contributed by atoms with Gasteiger partial charge in [0.05, 0.1) is 23.9 Å². The molecule has 1 aliphatic heterocycles. The Morgan fingerprint density at radius 1 is 1.42 bits per heavy atom. The van der Waals surface area contributed by atoms with Gasteiger partial charge in [0, 0.05) is 6.61 Å². The number of rotatable bonds is 3. The molecule has 0 spiro atoms. The van der Waals surface area contributed by atoms with Crippen LogP contribution in [0.15, 0.2) is 24.3 Å². The van der Waals surface area contributed by atoms with Gasteiger partial charge in [0.25, 0.3) is 0 Å². The van der Waals surface area contributed by atoms with Gasteiger partial charge in [-0.1, -0.05) is 24.3 Å². The summed E-state index contributed by atoms with van der Waals surface area (Å²) in [4.78, 5) is 12.1. The molecule has 1 aliphatic carbocycles. The molecule has 0 bridgehead atoms. The van der Waals surface area contributed by atoms with E-state index in [1.54, 1.807) is 0 Å². The van der Waals surface area contributed by atoms with Crippen LogP contribution in [0.5, 0.6) is 0 Å². The SMILES string of the molecule is O=C(CC1CCCO1)NC1c2ccccc2CC1Cl. The van der Waals surface area contributed by atoms with Gasteiger partial charge < -0.3 is 10.1 Å². The first-order chi connectivity index (χ1) is 9.24. The molecule has 1 fully saturated rings. The molecule has 1 amide bonds. The van der Waals surface area contributed by atoms with Crippen LogP contribution >= 0.6 is 11.6 Å². The van der Waals surface area contributed by atoms with Crippen molar-refractivity contribution in [1.82, 2.24) is 5.32 Å². The van der Waals surface area contributed by atoms with Gasteiger partial charge in [-0.05, 0) is 30.4 Å². The van der Waals surface area contributed by atoms with E-state index < -0.39 is 0 Å². The van der Waals surface area contributed by atoms with Crippen molar-refractivity contribution in [3.8, 4) is 0 Å². The Morgan fingerprint density at radius 3 is 3.05 bits per heavy atom. The van der Waals surface area contributed by atoms with Crippen LogP contribution in [0.25, 0.3) is 0 Å². The van der Waals surface area contributed by atoms with E-state index in [0.717, 1.165) is 31.4 Å². The third-order valence-corrected chi connectivity index (χ3v) is 4.33. The highest BCUT2D eigenvalue weighted by atomic mass is 35.5. The number of amides is 1. The lowest BCUT2D eigenvalue weighted by molar-refractivity contribution is -0.124. The van der Waals surface area contributed by atoms with Gasteiger partial charge in [-0.25, -0.2) is 0 Å². The number of carbonyl (C=O) groups is 1. The highest BCUT2D eigenvalue weighted by molar-refractivity contribution is 6.21. The van der Waals surface area contributed by atoms with Crippen molar-refractivity contribution >= 4 is 17.5 Å². The molecule has 19 heavy (non-hydrogen) atoms. The maximum absolute atomic E-state index is 12.1. The zero-order valence-corrected chi connectivity index (χ0v) is 11.5. The van der Waals surface area contributed by atoms with Crippen LogP contribution in [0.3, 0.4) is 0 Å². The highest BCUT2D eigenvalue weighted by Crippen LogP contribution is 2.34. The minimum Gasteiger partial charge on any atom is -0.378 e. The maximum atomic E-state index is 12.1. The van der Waals surface area contributed by atoms with E-state index in [-0.39, 0.29) is 23.4 Å². The zero-order chi connectivity index (χ0) is 13.2. The second-order valence-electron chi connectivity index (χ2n) is 5.30. The Labute approximate surface area is 118 Å². The van der Waals surface area contributed by atoms with Crippen LogP contribution in [0.2, 0.25) is 0 Å². The lowest BCUT2D eigenvalue weighted by atomic mass is 10.1. The molecule has 0 radical (unpaired) electrons. The van der Waals surface area contributed by atoms with E-state index in [9.17, 15) is 4.79 Å². The Hall–Kier alpha value is -1.06. The molecule has 4 heteroatoms. The smallest absolute Gasteiger partial charge is 0.223 e. The van der Waals surface area contributed by atoms with E-state index >= 15 is 0 Å². The average Bonchev–Trinajstić information content (AvgIpc) is 2.99. The molecule has 1 aromatic carbocycles. The Morgan fingerprint density at radius 2 is 2.26 bits per heavy atom. The maximum Gasteiger partial charge on any atom is 0.223 e. The summed E-state index contributed by atoms with van der Waals surface area (Å²) in [5.41, 5.74) is 2.40. The van der Waals surface area contributed by atoms with Crippen molar-refractivity contribution in [3.05, 3.63) is 35.4 Å². The summed E-state index contributed by atoms with van der Waals surface area (Å²) in [6, 6.07) is 8.07. The second kappa shape index (κ2) is 5.51. The fourth-order valence-electron chi connectivity index (χ4n) is 2.96. The minimum atomic E-state index is -0.0632. The van der Waals surface area contributed by atoms with Crippen LogP contribution in [0.4, 0.5) is 0 Å². The Balaban J connectivity index is 1.64. The summed E-state index contributed by atoms with van der Waals surface area (Å²) in [6.07, 6.45) is 3.40. The molecule has 3 rings (SSSR count). The number of hydrogen-bond donors (Lipinski definition) is 1. The van der Waals surface area contributed by atoms with Crippen molar-refractivity contribution in [2.75, 3.05) is 6.61 Å². The summed E-state index contributed by atoms with van der Waals surface area (Å²) in [6.45, 7) is 0.780. The quantitative estimate of drug-likeness (QED) is 0.864. The van der Waals surface area contributed by atoms with Crippen LogP contribution in [0.1, 0.15) is 36.4 Å². The summed E-state index contributed by atoms with van der Waals surface area (Å²) in [5, 5.41) is 3.01. The third-order valence-electron chi connectivity index (χ3n) is 3.92. The van der Waals surface area contributed by atoms with Crippen molar-refractivity contribution in [2.45, 2.75) is 43.2 Å². The zero-order valence-electron chi connectivity index (χ0n) is 10.8. The molecule has 1 N–H and O–H groups in total. The van der Waals surface area contributed by atoms with Crippen LogP contribution < -0.4 is 5.32 Å². The number of benzene rings is 1. The third kappa shape index (κ3) is 2.77. The van der Waals surface area contributed by atoms with E-state index in [1.165, 1.54) is 5.56 Å². The molecule has 1 saturated heterocycles. The first-order valence-electron chi connectivity index (χ1n) is 6.87. The molecular formula is C15H18ClNO2. The van der Waals surface area contributed by atoms with Crippen LogP contribution in [-0.4, -0.2) is 24.0 Å². The fraction of sp³-hybridized carbons (Fsp3) is 0.533. The predicted molar refractivity (Wildman–Crippen MR) is 74.3 cm³/mol.